The minimum atomic E-state index is -0.597. The van der Waals surface area contributed by atoms with Crippen LogP contribution in [-0.4, -0.2) is 23.5 Å². The normalized spacial score (nSPS) is 17.0. The zero-order valence-corrected chi connectivity index (χ0v) is 16.4. The predicted molar refractivity (Wildman–Crippen MR) is 104 cm³/mol. The fourth-order valence-corrected chi connectivity index (χ4v) is 5.27. The van der Waals surface area contributed by atoms with Gasteiger partial charge in [0, 0.05) is 28.3 Å². The Hall–Kier alpha value is -1.70. The van der Waals surface area contributed by atoms with Gasteiger partial charge in [0.25, 0.3) is 0 Å². The number of hydrogen-bond donors (Lipinski definition) is 3. The molecule has 1 unspecified atom stereocenters. The van der Waals surface area contributed by atoms with Gasteiger partial charge < -0.3 is 15.7 Å². The van der Waals surface area contributed by atoms with E-state index in [2.05, 4.69) is 16.7 Å². The average molecular weight is 393 g/mol. The maximum atomic E-state index is 12.2. The van der Waals surface area contributed by atoms with E-state index < -0.39 is 17.9 Å². The third-order valence-electron chi connectivity index (χ3n) is 4.95. The lowest BCUT2D eigenvalue weighted by Gasteiger charge is -2.28. The standard InChI is InChI=1S/C19H24N2O3S2/c1-13(22)15-4-5-16(26-15)19(7-2-3-8-19)12-21-18(24)17(23)20-10-14-6-9-25-11-14/h4-6,9,11,13,22H,2-3,7-8,10,12H2,1H3,(H,20,23)(H,21,24). The predicted octanol–water partition coefficient (Wildman–Crippen LogP) is 3.11. The van der Waals surface area contributed by atoms with E-state index in [1.807, 2.05) is 22.9 Å². The van der Waals surface area contributed by atoms with Crippen molar-refractivity contribution >= 4 is 34.5 Å². The molecule has 0 spiro atoms. The largest absolute Gasteiger partial charge is 0.388 e. The first-order valence-corrected chi connectivity index (χ1v) is 10.6. The molecule has 1 aliphatic carbocycles. The van der Waals surface area contributed by atoms with E-state index in [1.165, 1.54) is 4.88 Å². The molecule has 1 saturated carbocycles. The monoisotopic (exact) mass is 392 g/mol. The van der Waals surface area contributed by atoms with Gasteiger partial charge in [-0.2, -0.15) is 11.3 Å². The Balaban J connectivity index is 1.59. The summed E-state index contributed by atoms with van der Waals surface area (Å²) < 4.78 is 0. The fourth-order valence-electron chi connectivity index (χ4n) is 3.41. The quantitative estimate of drug-likeness (QED) is 0.661. The van der Waals surface area contributed by atoms with E-state index in [0.29, 0.717) is 13.1 Å². The summed E-state index contributed by atoms with van der Waals surface area (Å²) in [5.41, 5.74) is 0.869. The first-order chi connectivity index (χ1) is 12.5. The van der Waals surface area contributed by atoms with Crippen LogP contribution >= 0.6 is 22.7 Å². The number of thiophene rings is 2. The van der Waals surface area contributed by atoms with E-state index >= 15 is 0 Å². The molecule has 2 aromatic heterocycles. The van der Waals surface area contributed by atoms with Crippen molar-refractivity contribution < 1.29 is 14.7 Å². The highest BCUT2D eigenvalue weighted by Crippen LogP contribution is 2.44. The molecule has 2 heterocycles. The Morgan fingerprint density at radius 3 is 2.54 bits per heavy atom. The molecule has 2 aromatic rings. The zero-order chi connectivity index (χ0) is 18.6. The Morgan fingerprint density at radius 1 is 1.19 bits per heavy atom. The molecule has 1 atom stereocenters. The number of carbonyl (C=O) groups excluding carboxylic acids is 2. The summed E-state index contributed by atoms with van der Waals surface area (Å²) in [5.74, 6) is -1.18. The fraction of sp³-hybridized carbons (Fsp3) is 0.474. The average Bonchev–Trinajstić information content (AvgIpc) is 3.39. The topological polar surface area (TPSA) is 78.4 Å². The minimum absolute atomic E-state index is 0.124. The van der Waals surface area contributed by atoms with Crippen molar-refractivity contribution in [3.8, 4) is 0 Å². The number of aliphatic hydroxyl groups excluding tert-OH is 1. The lowest BCUT2D eigenvalue weighted by Crippen LogP contribution is -2.45. The Kier molecular flexibility index (Phi) is 6.11. The molecular weight excluding hydrogens is 368 g/mol. The Labute approximate surface area is 161 Å². The summed E-state index contributed by atoms with van der Waals surface area (Å²) in [6.45, 7) is 2.58. The summed E-state index contributed by atoms with van der Waals surface area (Å²) in [6.07, 6.45) is 3.72. The smallest absolute Gasteiger partial charge is 0.309 e. The van der Waals surface area contributed by atoms with Crippen molar-refractivity contribution in [2.24, 2.45) is 0 Å². The third-order valence-corrected chi connectivity index (χ3v) is 7.18. The molecule has 1 aliphatic rings. The van der Waals surface area contributed by atoms with Gasteiger partial charge in [-0.25, -0.2) is 0 Å². The van der Waals surface area contributed by atoms with Crippen molar-refractivity contribution in [3.05, 3.63) is 44.3 Å². The Bertz CT molecular complexity index is 747. The Morgan fingerprint density at radius 2 is 1.92 bits per heavy atom. The number of rotatable bonds is 6. The van der Waals surface area contributed by atoms with Crippen molar-refractivity contribution in [1.29, 1.82) is 0 Å². The molecule has 1 fully saturated rings. The summed E-state index contributed by atoms with van der Waals surface area (Å²) >= 11 is 3.16. The van der Waals surface area contributed by atoms with E-state index in [0.717, 1.165) is 36.1 Å². The molecule has 3 rings (SSSR count). The summed E-state index contributed by atoms with van der Waals surface area (Å²) in [5, 5.41) is 19.2. The first kappa shape index (κ1) is 19.1. The second-order valence-electron chi connectivity index (χ2n) is 6.86. The van der Waals surface area contributed by atoms with Gasteiger partial charge in [-0.15, -0.1) is 11.3 Å². The minimum Gasteiger partial charge on any atom is -0.388 e. The molecule has 0 radical (unpaired) electrons. The lowest BCUT2D eigenvalue weighted by atomic mass is 9.84. The summed E-state index contributed by atoms with van der Waals surface area (Å²) in [7, 11) is 0. The second kappa shape index (κ2) is 8.33. The van der Waals surface area contributed by atoms with Gasteiger partial charge in [0.1, 0.15) is 0 Å². The molecule has 0 aliphatic heterocycles. The highest BCUT2D eigenvalue weighted by Gasteiger charge is 2.37. The second-order valence-corrected chi connectivity index (χ2v) is 8.76. The van der Waals surface area contributed by atoms with Crippen molar-refractivity contribution in [1.82, 2.24) is 10.6 Å². The summed E-state index contributed by atoms with van der Waals surface area (Å²) in [6, 6.07) is 5.94. The highest BCUT2D eigenvalue weighted by atomic mass is 32.1. The molecule has 3 N–H and O–H groups in total. The van der Waals surface area contributed by atoms with Crippen LogP contribution in [0.15, 0.2) is 29.0 Å². The van der Waals surface area contributed by atoms with E-state index in [-0.39, 0.29) is 5.41 Å². The van der Waals surface area contributed by atoms with Crippen molar-refractivity contribution in [2.45, 2.75) is 50.7 Å². The van der Waals surface area contributed by atoms with Crippen LogP contribution in [0.5, 0.6) is 0 Å². The van der Waals surface area contributed by atoms with Gasteiger partial charge in [0.2, 0.25) is 0 Å². The molecule has 26 heavy (non-hydrogen) atoms. The van der Waals surface area contributed by atoms with E-state index in [4.69, 9.17) is 0 Å². The highest BCUT2D eigenvalue weighted by molar-refractivity contribution is 7.12. The molecule has 140 valence electrons. The summed E-state index contributed by atoms with van der Waals surface area (Å²) in [4.78, 5) is 26.3. The molecule has 0 aromatic carbocycles. The van der Waals surface area contributed by atoms with Crippen LogP contribution in [0.3, 0.4) is 0 Å². The van der Waals surface area contributed by atoms with Gasteiger partial charge in [-0.1, -0.05) is 12.8 Å². The molecule has 0 bridgehead atoms. The van der Waals surface area contributed by atoms with Crippen LogP contribution in [0.1, 0.15) is 54.0 Å². The number of aliphatic hydroxyl groups is 1. The number of nitrogens with one attached hydrogen (secondary N) is 2. The SMILES string of the molecule is CC(O)c1ccc(C2(CNC(=O)C(=O)NCc3ccsc3)CCCC2)s1. The first-order valence-electron chi connectivity index (χ1n) is 8.85. The molecule has 7 heteroatoms. The molecule has 2 amide bonds. The van der Waals surface area contributed by atoms with Crippen LogP contribution < -0.4 is 10.6 Å². The van der Waals surface area contributed by atoms with Crippen LogP contribution in [0.4, 0.5) is 0 Å². The van der Waals surface area contributed by atoms with Crippen LogP contribution in [-0.2, 0) is 21.5 Å². The number of amides is 2. The maximum absolute atomic E-state index is 12.2. The zero-order valence-electron chi connectivity index (χ0n) is 14.8. The van der Waals surface area contributed by atoms with Crippen molar-refractivity contribution in [2.75, 3.05) is 6.54 Å². The molecule has 0 saturated heterocycles. The molecule has 5 nitrogen and oxygen atoms in total. The molecular formula is C19H24N2O3S2. The van der Waals surface area contributed by atoms with Gasteiger partial charge >= 0.3 is 11.8 Å². The van der Waals surface area contributed by atoms with Gasteiger partial charge in [0.15, 0.2) is 0 Å². The van der Waals surface area contributed by atoms with Crippen LogP contribution in [0.2, 0.25) is 0 Å². The van der Waals surface area contributed by atoms with Gasteiger partial charge in [0.05, 0.1) is 6.10 Å². The van der Waals surface area contributed by atoms with Crippen LogP contribution in [0, 0.1) is 0 Å². The van der Waals surface area contributed by atoms with Gasteiger partial charge in [-0.3, -0.25) is 9.59 Å². The van der Waals surface area contributed by atoms with Crippen molar-refractivity contribution in [3.63, 3.8) is 0 Å². The number of hydrogen-bond acceptors (Lipinski definition) is 5. The lowest BCUT2D eigenvalue weighted by molar-refractivity contribution is -0.139. The van der Waals surface area contributed by atoms with E-state index in [9.17, 15) is 14.7 Å². The number of carbonyl (C=O) groups is 2. The third kappa shape index (κ3) is 4.34. The van der Waals surface area contributed by atoms with Crippen LogP contribution in [0.25, 0.3) is 0 Å². The van der Waals surface area contributed by atoms with E-state index in [1.54, 1.807) is 29.6 Å². The van der Waals surface area contributed by atoms with Gasteiger partial charge in [-0.05, 0) is 54.3 Å². The maximum Gasteiger partial charge on any atom is 0.309 e.